The molecule has 0 saturated carbocycles. The highest BCUT2D eigenvalue weighted by atomic mass is 79.9. The first-order valence-corrected chi connectivity index (χ1v) is 5.15. The molecule has 0 atom stereocenters. The Morgan fingerprint density at radius 2 is 2.00 bits per heavy atom. The largest absolute Gasteiger partial charge is 0.481 e. The Bertz CT molecular complexity index is 349. The first-order chi connectivity index (χ1) is 6.37. The van der Waals surface area contributed by atoms with Crippen molar-refractivity contribution >= 4 is 21.9 Å². The number of hydrogen-bond acceptors (Lipinski definition) is 1. The number of hydrogen-bond donors (Lipinski definition) is 1. The van der Waals surface area contributed by atoms with Crippen molar-refractivity contribution in [1.82, 2.24) is 0 Å². The van der Waals surface area contributed by atoms with Gasteiger partial charge < -0.3 is 5.11 Å². The second-order valence-corrected chi connectivity index (χ2v) is 4.72. The van der Waals surface area contributed by atoms with Gasteiger partial charge >= 0.3 is 5.97 Å². The van der Waals surface area contributed by atoms with Gasteiger partial charge in [0, 0.05) is 4.47 Å². The second-order valence-electron chi connectivity index (χ2n) is 3.86. The topological polar surface area (TPSA) is 37.3 Å². The summed E-state index contributed by atoms with van der Waals surface area (Å²) in [7, 11) is 0. The van der Waals surface area contributed by atoms with Gasteiger partial charge in [0.15, 0.2) is 0 Å². The van der Waals surface area contributed by atoms with Crippen molar-refractivity contribution in [1.29, 1.82) is 0 Å². The summed E-state index contributed by atoms with van der Waals surface area (Å²) in [5.41, 5.74) is 0.976. The summed E-state index contributed by atoms with van der Waals surface area (Å²) in [4.78, 5) is 11.1. The average molecular weight is 257 g/mol. The fourth-order valence-electron chi connectivity index (χ4n) is 1.53. The van der Waals surface area contributed by atoms with Gasteiger partial charge in [-0.15, -0.1) is 0 Å². The summed E-state index contributed by atoms with van der Waals surface area (Å²) in [6.07, 6.45) is 0. The van der Waals surface area contributed by atoms with Gasteiger partial charge in [-0.3, -0.25) is 4.79 Å². The van der Waals surface area contributed by atoms with Gasteiger partial charge in [0.25, 0.3) is 0 Å². The Labute approximate surface area is 92.1 Å². The van der Waals surface area contributed by atoms with Crippen LogP contribution in [0.4, 0.5) is 0 Å². The summed E-state index contributed by atoms with van der Waals surface area (Å²) in [6, 6.07) is 5.69. The van der Waals surface area contributed by atoms with Gasteiger partial charge in [-0.2, -0.15) is 0 Å². The van der Waals surface area contributed by atoms with E-state index in [0.717, 1.165) is 15.6 Å². The summed E-state index contributed by atoms with van der Waals surface area (Å²) in [5, 5.41) is 9.12. The van der Waals surface area contributed by atoms with Crippen LogP contribution in [-0.4, -0.2) is 11.1 Å². The van der Waals surface area contributed by atoms with Crippen LogP contribution in [0.15, 0.2) is 22.7 Å². The lowest BCUT2D eigenvalue weighted by molar-refractivity contribution is -0.142. The standard InChI is InChI=1S/C11H13BrO2/c1-7-5-4-6-8(12)9(7)11(2,3)10(13)14/h4-6H,1-3H3,(H,13,14). The Morgan fingerprint density at radius 1 is 1.43 bits per heavy atom. The van der Waals surface area contributed by atoms with E-state index in [-0.39, 0.29) is 0 Å². The highest BCUT2D eigenvalue weighted by molar-refractivity contribution is 9.10. The Morgan fingerprint density at radius 3 is 2.43 bits per heavy atom. The van der Waals surface area contributed by atoms with Gasteiger partial charge in [0.2, 0.25) is 0 Å². The molecule has 0 aliphatic heterocycles. The molecule has 2 nitrogen and oxygen atoms in total. The molecular weight excluding hydrogens is 244 g/mol. The maximum Gasteiger partial charge on any atom is 0.313 e. The molecule has 3 heteroatoms. The zero-order valence-electron chi connectivity index (χ0n) is 8.47. The zero-order valence-corrected chi connectivity index (χ0v) is 10.1. The highest BCUT2D eigenvalue weighted by Gasteiger charge is 2.32. The molecule has 0 amide bonds. The number of carboxylic acids is 1. The number of carboxylic acid groups (broad SMARTS) is 1. The van der Waals surface area contributed by atoms with E-state index in [1.54, 1.807) is 13.8 Å². The van der Waals surface area contributed by atoms with Crippen molar-refractivity contribution in [3.8, 4) is 0 Å². The van der Waals surface area contributed by atoms with Crippen LogP contribution in [0.5, 0.6) is 0 Å². The smallest absolute Gasteiger partial charge is 0.313 e. The van der Waals surface area contributed by atoms with Crippen molar-refractivity contribution in [3.63, 3.8) is 0 Å². The predicted octanol–water partition coefficient (Wildman–Crippen LogP) is 3.12. The maximum absolute atomic E-state index is 11.1. The molecule has 0 radical (unpaired) electrons. The lowest BCUT2D eigenvalue weighted by atomic mass is 9.82. The van der Waals surface area contributed by atoms with E-state index in [1.165, 1.54) is 0 Å². The highest BCUT2D eigenvalue weighted by Crippen LogP contribution is 2.32. The minimum atomic E-state index is -0.857. The quantitative estimate of drug-likeness (QED) is 0.883. The SMILES string of the molecule is Cc1cccc(Br)c1C(C)(C)C(=O)O. The Kier molecular flexibility index (Phi) is 3.00. The Hall–Kier alpha value is -0.830. The minimum absolute atomic E-state index is 0.812. The van der Waals surface area contributed by atoms with Gasteiger partial charge in [0.1, 0.15) is 0 Å². The number of aliphatic carboxylic acids is 1. The first kappa shape index (κ1) is 11.2. The number of benzene rings is 1. The third-order valence-electron chi connectivity index (χ3n) is 2.38. The minimum Gasteiger partial charge on any atom is -0.481 e. The molecule has 0 saturated heterocycles. The number of rotatable bonds is 2. The molecule has 0 unspecified atom stereocenters. The van der Waals surface area contributed by atoms with Crippen molar-refractivity contribution in [2.24, 2.45) is 0 Å². The number of halogens is 1. The van der Waals surface area contributed by atoms with E-state index >= 15 is 0 Å². The normalized spacial score (nSPS) is 11.4. The van der Waals surface area contributed by atoms with Crippen LogP contribution >= 0.6 is 15.9 Å². The fraction of sp³-hybridized carbons (Fsp3) is 0.364. The summed E-state index contributed by atoms with van der Waals surface area (Å²) < 4.78 is 0.852. The predicted molar refractivity (Wildman–Crippen MR) is 59.5 cm³/mol. The fourth-order valence-corrected chi connectivity index (χ4v) is 2.49. The van der Waals surface area contributed by atoms with Crippen molar-refractivity contribution in [2.75, 3.05) is 0 Å². The second kappa shape index (κ2) is 3.73. The molecule has 1 rings (SSSR count). The lowest BCUT2D eigenvalue weighted by Crippen LogP contribution is -2.29. The molecule has 0 heterocycles. The monoisotopic (exact) mass is 256 g/mol. The van der Waals surface area contributed by atoms with E-state index < -0.39 is 11.4 Å². The average Bonchev–Trinajstić information content (AvgIpc) is 2.02. The van der Waals surface area contributed by atoms with Gasteiger partial charge in [0.05, 0.1) is 5.41 Å². The van der Waals surface area contributed by atoms with Gasteiger partial charge in [-0.25, -0.2) is 0 Å². The van der Waals surface area contributed by atoms with Gasteiger partial charge in [-0.05, 0) is 38.0 Å². The number of aryl methyl sites for hydroxylation is 1. The van der Waals surface area contributed by atoms with Crippen LogP contribution in [0, 0.1) is 6.92 Å². The van der Waals surface area contributed by atoms with E-state index in [9.17, 15) is 4.79 Å². The molecule has 14 heavy (non-hydrogen) atoms. The van der Waals surface area contributed by atoms with E-state index in [1.807, 2.05) is 25.1 Å². The zero-order chi connectivity index (χ0) is 10.9. The van der Waals surface area contributed by atoms with Crippen LogP contribution in [0.1, 0.15) is 25.0 Å². The molecule has 0 fully saturated rings. The molecule has 1 aromatic rings. The van der Waals surface area contributed by atoms with Gasteiger partial charge in [-0.1, -0.05) is 28.1 Å². The third-order valence-corrected chi connectivity index (χ3v) is 3.04. The van der Waals surface area contributed by atoms with Crippen molar-refractivity contribution in [3.05, 3.63) is 33.8 Å². The van der Waals surface area contributed by atoms with Crippen LogP contribution < -0.4 is 0 Å². The summed E-state index contributed by atoms with van der Waals surface area (Å²) in [5.74, 6) is -0.812. The summed E-state index contributed by atoms with van der Waals surface area (Å²) in [6.45, 7) is 5.34. The third kappa shape index (κ3) is 1.82. The van der Waals surface area contributed by atoms with Crippen molar-refractivity contribution < 1.29 is 9.90 Å². The molecule has 0 bridgehead atoms. The Balaban J connectivity index is 3.38. The lowest BCUT2D eigenvalue weighted by Gasteiger charge is -2.23. The first-order valence-electron chi connectivity index (χ1n) is 4.36. The van der Waals surface area contributed by atoms with E-state index in [0.29, 0.717) is 0 Å². The number of carbonyl (C=O) groups is 1. The summed E-state index contributed by atoms with van der Waals surface area (Å²) >= 11 is 3.39. The van der Waals surface area contributed by atoms with Crippen molar-refractivity contribution in [2.45, 2.75) is 26.2 Å². The molecule has 0 aromatic heterocycles. The molecule has 0 aliphatic rings. The molecule has 0 spiro atoms. The van der Waals surface area contributed by atoms with E-state index in [4.69, 9.17) is 5.11 Å². The van der Waals surface area contributed by atoms with Crippen LogP contribution in [-0.2, 0) is 10.2 Å². The van der Waals surface area contributed by atoms with Crippen LogP contribution in [0.3, 0.4) is 0 Å². The molecule has 0 aliphatic carbocycles. The maximum atomic E-state index is 11.1. The van der Waals surface area contributed by atoms with Crippen LogP contribution in [0.2, 0.25) is 0 Å². The molecule has 1 aromatic carbocycles. The van der Waals surface area contributed by atoms with Crippen LogP contribution in [0.25, 0.3) is 0 Å². The molecule has 1 N–H and O–H groups in total. The molecule has 76 valence electrons. The van der Waals surface area contributed by atoms with E-state index in [2.05, 4.69) is 15.9 Å². The molecular formula is C11H13BrO2.